The van der Waals surface area contributed by atoms with E-state index < -0.39 is 5.54 Å². The molecule has 0 unspecified atom stereocenters. The minimum absolute atomic E-state index is 0. The fourth-order valence-electron chi connectivity index (χ4n) is 4.92. The van der Waals surface area contributed by atoms with Gasteiger partial charge in [-0.25, -0.2) is 4.79 Å². The van der Waals surface area contributed by atoms with Gasteiger partial charge in [0, 0.05) is 37.9 Å². The van der Waals surface area contributed by atoms with Crippen LogP contribution in [0.5, 0.6) is 0 Å². The van der Waals surface area contributed by atoms with Crippen molar-refractivity contribution in [2.45, 2.75) is 44.2 Å². The first kappa shape index (κ1) is 21.7. The third-order valence-corrected chi connectivity index (χ3v) is 6.54. The summed E-state index contributed by atoms with van der Waals surface area (Å²) in [6.45, 7) is 6.19. The molecule has 3 heterocycles. The molecule has 7 nitrogen and oxygen atoms in total. The van der Waals surface area contributed by atoms with Crippen LogP contribution in [0.4, 0.5) is 10.5 Å². The first-order valence-corrected chi connectivity index (χ1v) is 10.4. The van der Waals surface area contributed by atoms with Gasteiger partial charge in [0.05, 0.1) is 13.3 Å². The van der Waals surface area contributed by atoms with Crippen molar-refractivity contribution < 1.29 is 14.3 Å². The maximum atomic E-state index is 12.8. The minimum atomic E-state index is -0.427. The van der Waals surface area contributed by atoms with Gasteiger partial charge in [0.2, 0.25) is 5.91 Å². The number of nitrogens with one attached hydrogen (secondary N) is 1. The van der Waals surface area contributed by atoms with Crippen molar-refractivity contribution in [3.8, 4) is 0 Å². The molecule has 29 heavy (non-hydrogen) atoms. The first-order chi connectivity index (χ1) is 13.6. The second-order valence-corrected chi connectivity index (χ2v) is 7.91. The van der Waals surface area contributed by atoms with E-state index in [9.17, 15) is 9.59 Å². The number of amides is 2. The predicted molar refractivity (Wildman–Crippen MR) is 114 cm³/mol. The lowest BCUT2D eigenvalue weighted by Crippen LogP contribution is -2.59. The van der Waals surface area contributed by atoms with Crippen LogP contribution in [0, 0.1) is 0 Å². The summed E-state index contributed by atoms with van der Waals surface area (Å²) in [5.41, 5.74) is 0.681. The second-order valence-electron chi connectivity index (χ2n) is 7.91. The van der Waals surface area contributed by atoms with Crippen LogP contribution in [0.2, 0.25) is 0 Å². The Balaban J connectivity index is 0.00000240. The van der Waals surface area contributed by atoms with Gasteiger partial charge < -0.3 is 24.8 Å². The maximum absolute atomic E-state index is 12.8. The molecule has 1 aromatic carbocycles. The summed E-state index contributed by atoms with van der Waals surface area (Å²) in [5, 5.41) is 3.06. The van der Waals surface area contributed by atoms with Crippen molar-refractivity contribution >= 4 is 30.1 Å². The van der Waals surface area contributed by atoms with Crippen molar-refractivity contribution in [2.75, 3.05) is 44.4 Å². The van der Waals surface area contributed by atoms with E-state index in [1.807, 2.05) is 30.0 Å². The maximum Gasteiger partial charge on any atom is 0.409 e. The molecule has 0 aliphatic carbocycles. The van der Waals surface area contributed by atoms with Crippen molar-refractivity contribution in [1.82, 2.24) is 15.1 Å². The van der Waals surface area contributed by atoms with E-state index in [-0.39, 0.29) is 24.4 Å². The molecular formula is C21H31ClN4O3. The molecule has 0 bridgehead atoms. The highest BCUT2D eigenvalue weighted by atomic mass is 35.5. The quantitative estimate of drug-likeness (QED) is 0.810. The standard InChI is InChI=1S/C21H30N4O3.ClH/c1-2-28-20(27)24-12-8-17(9-13-24)23-14-10-21(11-15-23)19(26)22-16-25(21)18-6-4-3-5-7-18;/h3-7,17H,2,8-16H2,1H3,(H,22,26);1H. The molecule has 3 fully saturated rings. The molecule has 3 saturated heterocycles. The van der Waals surface area contributed by atoms with Gasteiger partial charge >= 0.3 is 6.09 Å². The Kier molecular flexibility index (Phi) is 6.90. The van der Waals surface area contributed by atoms with E-state index in [2.05, 4.69) is 27.2 Å². The number of benzene rings is 1. The van der Waals surface area contributed by atoms with Crippen LogP contribution in [-0.4, -0.2) is 72.8 Å². The summed E-state index contributed by atoms with van der Waals surface area (Å²) in [6.07, 6.45) is 3.43. The number of likely N-dealkylation sites (tertiary alicyclic amines) is 2. The number of anilines is 1. The van der Waals surface area contributed by atoms with Crippen molar-refractivity contribution in [3.05, 3.63) is 30.3 Å². The minimum Gasteiger partial charge on any atom is -0.450 e. The number of hydrogen-bond donors (Lipinski definition) is 1. The third-order valence-electron chi connectivity index (χ3n) is 6.54. The van der Waals surface area contributed by atoms with Crippen LogP contribution in [0.15, 0.2) is 30.3 Å². The van der Waals surface area contributed by atoms with Gasteiger partial charge in [0.25, 0.3) is 0 Å². The van der Waals surface area contributed by atoms with Gasteiger partial charge in [0.15, 0.2) is 0 Å². The highest BCUT2D eigenvalue weighted by molar-refractivity contribution is 5.93. The van der Waals surface area contributed by atoms with Crippen LogP contribution in [0.3, 0.4) is 0 Å². The van der Waals surface area contributed by atoms with E-state index in [1.165, 1.54) is 0 Å². The van der Waals surface area contributed by atoms with Gasteiger partial charge in [-0.2, -0.15) is 0 Å². The number of rotatable bonds is 3. The van der Waals surface area contributed by atoms with Crippen LogP contribution < -0.4 is 10.2 Å². The zero-order valence-corrected chi connectivity index (χ0v) is 17.8. The van der Waals surface area contributed by atoms with Crippen molar-refractivity contribution in [3.63, 3.8) is 0 Å². The Morgan fingerprint density at radius 3 is 2.41 bits per heavy atom. The van der Waals surface area contributed by atoms with E-state index >= 15 is 0 Å². The van der Waals surface area contributed by atoms with E-state index in [0.717, 1.165) is 57.5 Å². The van der Waals surface area contributed by atoms with Crippen molar-refractivity contribution in [1.29, 1.82) is 0 Å². The molecule has 1 N–H and O–H groups in total. The molecule has 4 rings (SSSR count). The van der Waals surface area contributed by atoms with Gasteiger partial charge in [0.1, 0.15) is 5.54 Å². The fourth-order valence-corrected chi connectivity index (χ4v) is 4.92. The zero-order chi connectivity index (χ0) is 19.6. The summed E-state index contributed by atoms with van der Waals surface area (Å²) in [7, 11) is 0. The number of hydrogen-bond acceptors (Lipinski definition) is 5. The Morgan fingerprint density at radius 1 is 1.14 bits per heavy atom. The topological polar surface area (TPSA) is 65.1 Å². The predicted octanol–water partition coefficient (Wildman–Crippen LogP) is 2.46. The fraction of sp³-hybridized carbons (Fsp3) is 0.619. The number of piperidine rings is 2. The van der Waals surface area contributed by atoms with Gasteiger partial charge in [-0.05, 0) is 44.7 Å². The summed E-state index contributed by atoms with van der Waals surface area (Å²) in [4.78, 5) is 31.2. The average Bonchev–Trinajstić information content (AvgIpc) is 3.05. The van der Waals surface area contributed by atoms with E-state index in [1.54, 1.807) is 0 Å². The zero-order valence-electron chi connectivity index (χ0n) is 17.0. The van der Waals surface area contributed by atoms with Gasteiger partial charge in [-0.1, -0.05) is 18.2 Å². The number of nitrogens with zero attached hydrogens (tertiary/aromatic N) is 3. The lowest BCUT2D eigenvalue weighted by molar-refractivity contribution is -0.125. The average molecular weight is 423 g/mol. The Hall–Kier alpha value is -1.99. The number of carbonyl (C=O) groups is 2. The monoisotopic (exact) mass is 422 g/mol. The molecule has 160 valence electrons. The number of carbonyl (C=O) groups excluding carboxylic acids is 2. The molecule has 1 aromatic rings. The van der Waals surface area contributed by atoms with Crippen LogP contribution in [0.25, 0.3) is 0 Å². The lowest BCUT2D eigenvalue weighted by Gasteiger charge is -2.47. The molecule has 0 saturated carbocycles. The third kappa shape index (κ3) is 4.16. The largest absolute Gasteiger partial charge is 0.450 e. The molecule has 1 spiro atoms. The molecule has 0 atom stereocenters. The summed E-state index contributed by atoms with van der Waals surface area (Å²) in [6, 6.07) is 10.7. The highest BCUT2D eigenvalue weighted by Crippen LogP contribution is 2.37. The SMILES string of the molecule is CCOC(=O)N1CCC(N2CCC3(CC2)C(=O)NCN3c2ccccc2)CC1.Cl. The van der Waals surface area contributed by atoms with Crippen LogP contribution in [0.1, 0.15) is 32.6 Å². The summed E-state index contributed by atoms with van der Waals surface area (Å²) >= 11 is 0. The van der Waals surface area contributed by atoms with E-state index in [4.69, 9.17) is 4.74 Å². The molecular weight excluding hydrogens is 392 g/mol. The molecule has 2 amide bonds. The molecule has 3 aliphatic heterocycles. The number of halogens is 1. The smallest absolute Gasteiger partial charge is 0.409 e. The Morgan fingerprint density at radius 2 is 1.79 bits per heavy atom. The van der Waals surface area contributed by atoms with Crippen molar-refractivity contribution in [2.24, 2.45) is 0 Å². The Labute approximate surface area is 178 Å². The van der Waals surface area contributed by atoms with Gasteiger partial charge in [-0.3, -0.25) is 4.79 Å². The summed E-state index contributed by atoms with van der Waals surface area (Å²) in [5.74, 6) is 0.160. The van der Waals surface area contributed by atoms with E-state index in [0.29, 0.717) is 19.3 Å². The Bertz CT molecular complexity index is 701. The highest BCUT2D eigenvalue weighted by Gasteiger charge is 2.50. The number of para-hydroxylation sites is 1. The molecule has 8 heteroatoms. The first-order valence-electron chi connectivity index (χ1n) is 10.4. The molecule has 0 aromatic heterocycles. The summed E-state index contributed by atoms with van der Waals surface area (Å²) < 4.78 is 5.11. The van der Waals surface area contributed by atoms with Gasteiger partial charge in [-0.15, -0.1) is 12.4 Å². The van der Waals surface area contributed by atoms with Crippen LogP contribution >= 0.6 is 12.4 Å². The molecule has 0 radical (unpaired) electrons. The van der Waals surface area contributed by atoms with Crippen LogP contribution in [-0.2, 0) is 9.53 Å². The normalized spacial score (nSPS) is 22.3. The molecule has 3 aliphatic rings. The number of ether oxygens (including phenoxy) is 1. The lowest BCUT2D eigenvalue weighted by atomic mass is 9.84. The second kappa shape index (κ2) is 9.22.